The summed E-state index contributed by atoms with van der Waals surface area (Å²) in [7, 11) is 3.10. The highest BCUT2D eigenvalue weighted by atomic mass is 19.1. The van der Waals surface area contributed by atoms with Crippen LogP contribution in [0.5, 0.6) is 11.5 Å². The Morgan fingerprint density at radius 3 is 2.86 bits per heavy atom. The van der Waals surface area contributed by atoms with Crippen LogP contribution in [0.25, 0.3) is 5.65 Å². The largest absolute Gasteiger partial charge is 0.486 e. The first-order valence-corrected chi connectivity index (χ1v) is 8.52. The van der Waals surface area contributed by atoms with E-state index in [4.69, 9.17) is 9.47 Å². The van der Waals surface area contributed by atoms with E-state index in [1.165, 1.54) is 11.6 Å². The molecule has 0 saturated heterocycles. The van der Waals surface area contributed by atoms with Gasteiger partial charge in [0.25, 0.3) is 5.95 Å². The molecule has 0 radical (unpaired) electrons. The lowest BCUT2D eigenvalue weighted by atomic mass is 10.2. The van der Waals surface area contributed by atoms with Crippen molar-refractivity contribution in [2.75, 3.05) is 43.3 Å². The Labute approximate surface area is 159 Å². The minimum absolute atomic E-state index is 0.130. The predicted molar refractivity (Wildman–Crippen MR) is 101 cm³/mol. The first kappa shape index (κ1) is 17.6. The molecule has 0 atom stereocenters. The van der Waals surface area contributed by atoms with Crippen LogP contribution in [0.4, 0.5) is 32.2 Å². The molecule has 0 bridgehead atoms. The number of halogens is 1. The highest BCUT2D eigenvalue weighted by Crippen LogP contribution is 2.39. The van der Waals surface area contributed by atoms with E-state index in [0.29, 0.717) is 42.0 Å². The molecule has 11 heteroatoms. The molecule has 146 valence electrons. The van der Waals surface area contributed by atoms with Crippen molar-refractivity contribution in [1.29, 1.82) is 0 Å². The van der Waals surface area contributed by atoms with Gasteiger partial charge in [-0.2, -0.15) is 8.91 Å². The first-order chi connectivity index (χ1) is 13.6. The molecule has 3 aromatic rings. The van der Waals surface area contributed by atoms with Crippen LogP contribution >= 0.6 is 0 Å². The monoisotopic (exact) mass is 387 g/mol. The van der Waals surface area contributed by atoms with E-state index in [-0.39, 0.29) is 11.3 Å². The maximum absolute atomic E-state index is 14.3. The third-order valence-electron chi connectivity index (χ3n) is 4.10. The summed E-state index contributed by atoms with van der Waals surface area (Å²) < 4.78 is 26.8. The van der Waals surface area contributed by atoms with Gasteiger partial charge in [-0.25, -0.2) is 9.78 Å². The molecular weight excluding hydrogens is 369 g/mol. The van der Waals surface area contributed by atoms with Crippen LogP contribution in [0.1, 0.15) is 0 Å². The van der Waals surface area contributed by atoms with Gasteiger partial charge in [0.15, 0.2) is 17.1 Å². The smallest absolute Gasteiger partial charge is 0.319 e. The molecule has 0 aliphatic carbocycles. The van der Waals surface area contributed by atoms with E-state index in [2.05, 4.69) is 31.3 Å². The molecular formula is C17H18FN7O3. The van der Waals surface area contributed by atoms with E-state index in [1.807, 2.05) is 18.2 Å². The van der Waals surface area contributed by atoms with E-state index in [9.17, 15) is 9.18 Å². The Morgan fingerprint density at radius 1 is 1.25 bits per heavy atom. The second kappa shape index (κ2) is 7.10. The summed E-state index contributed by atoms with van der Waals surface area (Å²) in [5.74, 6) is 1.23. The molecule has 2 aromatic heterocycles. The summed E-state index contributed by atoms with van der Waals surface area (Å²) in [4.78, 5) is 16.1. The van der Waals surface area contributed by atoms with Crippen molar-refractivity contribution in [2.24, 2.45) is 0 Å². The Hall–Kier alpha value is -3.76. The molecule has 1 aliphatic rings. The van der Waals surface area contributed by atoms with Crippen molar-refractivity contribution in [3.63, 3.8) is 0 Å². The number of ether oxygens (including phenoxy) is 2. The molecule has 4 N–H and O–H groups in total. The van der Waals surface area contributed by atoms with Crippen molar-refractivity contribution >= 4 is 34.7 Å². The van der Waals surface area contributed by atoms with E-state index >= 15 is 0 Å². The van der Waals surface area contributed by atoms with Gasteiger partial charge in [-0.05, 0) is 12.1 Å². The Bertz CT molecular complexity index is 1050. The Kier molecular flexibility index (Phi) is 4.47. The second-order valence-corrected chi connectivity index (χ2v) is 5.84. The standard InChI is InChI=1S/C17H18FN7O3/c1-19-12-8-11(21-9-4-3-5-10-14(9)28-7-6-27-10)22-16-13(23-17(26)20-2)15(18)24-25(12)16/h3-5,8,19H,6-7H2,1-2H3,(H,21,22)(H2,20,23,26). The van der Waals surface area contributed by atoms with Crippen molar-refractivity contribution in [2.45, 2.75) is 0 Å². The first-order valence-electron chi connectivity index (χ1n) is 8.52. The number of anilines is 4. The van der Waals surface area contributed by atoms with Gasteiger partial charge in [-0.1, -0.05) is 6.07 Å². The number of hydrogen-bond donors (Lipinski definition) is 4. The van der Waals surface area contributed by atoms with Gasteiger partial charge in [-0.15, -0.1) is 5.10 Å². The molecule has 0 unspecified atom stereocenters. The topological polar surface area (TPSA) is 114 Å². The summed E-state index contributed by atoms with van der Waals surface area (Å²) >= 11 is 0. The van der Waals surface area contributed by atoms with Crippen molar-refractivity contribution in [3.8, 4) is 11.5 Å². The van der Waals surface area contributed by atoms with Gasteiger partial charge in [-0.3, -0.25) is 0 Å². The normalized spacial score (nSPS) is 12.5. The number of fused-ring (bicyclic) bond motifs is 2. The van der Waals surface area contributed by atoms with E-state index < -0.39 is 12.0 Å². The number of para-hydroxylation sites is 1. The number of nitrogens with one attached hydrogen (secondary N) is 4. The van der Waals surface area contributed by atoms with Crippen LogP contribution in [0.3, 0.4) is 0 Å². The third-order valence-corrected chi connectivity index (χ3v) is 4.10. The Balaban J connectivity index is 1.78. The number of amides is 2. The fourth-order valence-corrected chi connectivity index (χ4v) is 2.83. The number of nitrogens with zero attached hydrogens (tertiary/aromatic N) is 3. The molecule has 2 amide bonds. The lowest BCUT2D eigenvalue weighted by Crippen LogP contribution is -2.24. The Morgan fingerprint density at radius 2 is 2.07 bits per heavy atom. The van der Waals surface area contributed by atoms with Gasteiger partial charge < -0.3 is 30.7 Å². The zero-order chi connectivity index (χ0) is 19.7. The average Bonchev–Trinajstić information content (AvgIpc) is 3.03. The van der Waals surface area contributed by atoms with Crippen LogP contribution in [-0.4, -0.2) is 47.9 Å². The van der Waals surface area contributed by atoms with Crippen LogP contribution in [0.2, 0.25) is 0 Å². The van der Waals surface area contributed by atoms with Gasteiger partial charge in [0.05, 0.1) is 5.69 Å². The molecule has 28 heavy (non-hydrogen) atoms. The van der Waals surface area contributed by atoms with Gasteiger partial charge in [0, 0.05) is 20.2 Å². The third kappa shape index (κ3) is 3.06. The molecule has 1 aliphatic heterocycles. The van der Waals surface area contributed by atoms with Gasteiger partial charge in [0.2, 0.25) is 0 Å². The summed E-state index contributed by atoms with van der Waals surface area (Å²) in [5.41, 5.74) is 0.656. The van der Waals surface area contributed by atoms with E-state index in [0.717, 1.165) is 0 Å². The van der Waals surface area contributed by atoms with Gasteiger partial charge >= 0.3 is 6.03 Å². The van der Waals surface area contributed by atoms with E-state index in [1.54, 1.807) is 13.1 Å². The summed E-state index contributed by atoms with van der Waals surface area (Å²) in [6.07, 6.45) is 0. The summed E-state index contributed by atoms with van der Waals surface area (Å²) in [6.45, 7) is 0.919. The number of benzene rings is 1. The minimum atomic E-state index is -0.849. The maximum atomic E-state index is 14.3. The number of aromatic nitrogens is 3. The van der Waals surface area contributed by atoms with Crippen molar-refractivity contribution in [3.05, 3.63) is 30.2 Å². The lowest BCUT2D eigenvalue weighted by molar-refractivity contribution is 0.172. The average molecular weight is 387 g/mol. The lowest BCUT2D eigenvalue weighted by Gasteiger charge is -2.21. The highest BCUT2D eigenvalue weighted by Gasteiger charge is 2.20. The maximum Gasteiger partial charge on any atom is 0.319 e. The number of urea groups is 1. The second-order valence-electron chi connectivity index (χ2n) is 5.84. The molecule has 1 aromatic carbocycles. The molecule has 10 nitrogen and oxygen atoms in total. The summed E-state index contributed by atoms with van der Waals surface area (Å²) in [6, 6.07) is 6.53. The molecule has 3 heterocycles. The zero-order valence-electron chi connectivity index (χ0n) is 15.2. The molecule has 4 rings (SSSR count). The van der Waals surface area contributed by atoms with Crippen LogP contribution in [0, 0.1) is 5.95 Å². The van der Waals surface area contributed by atoms with Crippen LogP contribution in [0.15, 0.2) is 24.3 Å². The molecule has 0 saturated carbocycles. The number of carbonyl (C=O) groups excluding carboxylic acids is 1. The fourth-order valence-electron chi connectivity index (χ4n) is 2.83. The predicted octanol–water partition coefficient (Wildman–Crippen LogP) is 2.18. The quantitative estimate of drug-likeness (QED) is 0.543. The molecule has 0 spiro atoms. The number of rotatable bonds is 4. The van der Waals surface area contributed by atoms with Gasteiger partial charge in [0.1, 0.15) is 30.5 Å². The number of hydrogen-bond acceptors (Lipinski definition) is 7. The SMILES string of the molecule is CNC(=O)Nc1c(F)nn2c(NC)cc(Nc3cccc4c3OCCO4)nc12. The van der Waals surface area contributed by atoms with Crippen molar-refractivity contribution in [1.82, 2.24) is 19.9 Å². The zero-order valence-corrected chi connectivity index (χ0v) is 15.2. The molecule has 0 fully saturated rings. The minimum Gasteiger partial charge on any atom is -0.486 e. The fraction of sp³-hybridized carbons (Fsp3) is 0.235. The summed E-state index contributed by atoms with van der Waals surface area (Å²) in [5, 5.41) is 14.7. The number of carbonyl (C=O) groups is 1. The van der Waals surface area contributed by atoms with Crippen molar-refractivity contribution < 1.29 is 18.7 Å². The van der Waals surface area contributed by atoms with Crippen LogP contribution in [-0.2, 0) is 0 Å². The highest BCUT2D eigenvalue weighted by molar-refractivity contribution is 5.93. The van der Waals surface area contributed by atoms with Crippen LogP contribution < -0.4 is 30.7 Å².